The molecule has 1 fully saturated rings. The Hall–Kier alpha value is -1.06. The average molecular weight is 334 g/mol. The van der Waals surface area contributed by atoms with E-state index in [2.05, 4.69) is 34.7 Å². The molecule has 0 spiro atoms. The van der Waals surface area contributed by atoms with Gasteiger partial charge in [0.25, 0.3) is 0 Å². The van der Waals surface area contributed by atoms with Crippen LogP contribution in [0.2, 0.25) is 0 Å². The molecule has 0 radical (unpaired) electrons. The van der Waals surface area contributed by atoms with Crippen molar-refractivity contribution < 1.29 is 5.11 Å². The summed E-state index contributed by atoms with van der Waals surface area (Å²) >= 11 is 1.84. The largest absolute Gasteiger partial charge is 0.396 e. The molecule has 0 aromatic heterocycles. The van der Waals surface area contributed by atoms with E-state index in [0.717, 1.165) is 50.2 Å². The summed E-state index contributed by atoms with van der Waals surface area (Å²) in [5.41, 5.74) is 2.00. The Bertz CT molecular complexity index is 486. The molecule has 1 aromatic carbocycles. The van der Waals surface area contributed by atoms with Crippen molar-refractivity contribution in [3.63, 3.8) is 0 Å². The summed E-state index contributed by atoms with van der Waals surface area (Å²) in [6, 6.07) is 11.0. The molecular formula is C18H27N3OS. The first-order valence-corrected chi connectivity index (χ1v) is 9.71. The van der Waals surface area contributed by atoms with Crippen LogP contribution in [0.25, 0.3) is 0 Å². The predicted octanol–water partition coefficient (Wildman–Crippen LogP) is 2.23. The van der Waals surface area contributed by atoms with E-state index in [0.29, 0.717) is 12.1 Å². The number of nitrogens with zero attached hydrogens (tertiary/aromatic N) is 2. The lowest BCUT2D eigenvalue weighted by Crippen LogP contribution is -2.47. The molecule has 1 saturated heterocycles. The lowest BCUT2D eigenvalue weighted by Gasteiger charge is -2.34. The van der Waals surface area contributed by atoms with Gasteiger partial charge in [-0.15, -0.1) is 0 Å². The number of aliphatic hydroxyl groups is 1. The fourth-order valence-corrected chi connectivity index (χ4v) is 3.77. The SMILES string of the molecule is CSCC(CCO)NC1CCN(Cc2ccc(C#N)cc2)CC1. The highest BCUT2D eigenvalue weighted by molar-refractivity contribution is 7.98. The highest BCUT2D eigenvalue weighted by Gasteiger charge is 2.21. The van der Waals surface area contributed by atoms with Crippen molar-refractivity contribution in [1.82, 2.24) is 10.2 Å². The Morgan fingerprint density at radius 2 is 2.04 bits per heavy atom. The van der Waals surface area contributed by atoms with Gasteiger partial charge in [-0.25, -0.2) is 0 Å². The van der Waals surface area contributed by atoms with E-state index in [1.165, 1.54) is 5.56 Å². The molecular weight excluding hydrogens is 306 g/mol. The smallest absolute Gasteiger partial charge is 0.0991 e. The fraction of sp³-hybridized carbons (Fsp3) is 0.611. The summed E-state index contributed by atoms with van der Waals surface area (Å²) in [5, 5.41) is 21.7. The number of hydrogen-bond donors (Lipinski definition) is 2. The van der Waals surface area contributed by atoms with Crippen LogP contribution < -0.4 is 5.32 Å². The molecule has 0 saturated carbocycles. The van der Waals surface area contributed by atoms with Gasteiger partial charge in [-0.2, -0.15) is 17.0 Å². The van der Waals surface area contributed by atoms with E-state index in [9.17, 15) is 0 Å². The van der Waals surface area contributed by atoms with Gasteiger partial charge < -0.3 is 10.4 Å². The van der Waals surface area contributed by atoms with Crippen LogP contribution in [0.4, 0.5) is 0 Å². The van der Waals surface area contributed by atoms with Gasteiger partial charge in [0.15, 0.2) is 0 Å². The molecule has 2 N–H and O–H groups in total. The Kier molecular flexibility index (Phi) is 7.90. The summed E-state index contributed by atoms with van der Waals surface area (Å²) < 4.78 is 0. The highest BCUT2D eigenvalue weighted by atomic mass is 32.2. The maximum atomic E-state index is 9.16. The predicted molar refractivity (Wildman–Crippen MR) is 96.5 cm³/mol. The molecule has 2 rings (SSSR count). The summed E-state index contributed by atoms with van der Waals surface area (Å²) in [6.45, 7) is 3.42. The van der Waals surface area contributed by atoms with Crippen LogP contribution in [0.1, 0.15) is 30.4 Å². The van der Waals surface area contributed by atoms with Crippen LogP contribution in [0, 0.1) is 11.3 Å². The first-order valence-electron chi connectivity index (χ1n) is 8.32. The lowest BCUT2D eigenvalue weighted by molar-refractivity contribution is 0.180. The van der Waals surface area contributed by atoms with Crippen molar-refractivity contribution in [2.24, 2.45) is 0 Å². The quantitative estimate of drug-likeness (QED) is 0.764. The Morgan fingerprint density at radius 3 is 2.61 bits per heavy atom. The lowest BCUT2D eigenvalue weighted by atomic mass is 10.0. The second kappa shape index (κ2) is 9.94. The monoisotopic (exact) mass is 333 g/mol. The van der Waals surface area contributed by atoms with Gasteiger partial charge in [-0.1, -0.05) is 12.1 Å². The zero-order valence-electron chi connectivity index (χ0n) is 13.9. The van der Waals surface area contributed by atoms with Gasteiger partial charge in [0, 0.05) is 31.0 Å². The van der Waals surface area contributed by atoms with Crippen LogP contribution in [-0.2, 0) is 6.54 Å². The van der Waals surface area contributed by atoms with Gasteiger partial charge in [0.1, 0.15) is 0 Å². The third-order valence-electron chi connectivity index (χ3n) is 4.39. The zero-order chi connectivity index (χ0) is 16.5. The van der Waals surface area contributed by atoms with E-state index in [-0.39, 0.29) is 6.61 Å². The van der Waals surface area contributed by atoms with Crippen LogP contribution >= 0.6 is 11.8 Å². The molecule has 126 valence electrons. The van der Waals surface area contributed by atoms with Gasteiger partial charge in [-0.05, 0) is 56.3 Å². The highest BCUT2D eigenvalue weighted by Crippen LogP contribution is 2.16. The molecule has 5 heteroatoms. The Labute approximate surface area is 143 Å². The molecule has 4 nitrogen and oxygen atoms in total. The van der Waals surface area contributed by atoms with Crippen molar-refractivity contribution in [2.75, 3.05) is 31.7 Å². The minimum atomic E-state index is 0.260. The third kappa shape index (κ3) is 6.15. The first-order chi connectivity index (χ1) is 11.2. The van der Waals surface area contributed by atoms with E-state index in [1.807, 2.05) is 23.9 Å². The van der Waals surface area contributed by atoms with Gasteiger partial charge in [-0.3, -0.25) is 4.90 Å². The minimum absolute atomic E-state index is 0.260. The number of likely N-dealkylation sites (tertiary alicyclic amines) is 1. The van der Waals surface area contributed by atoms with Crippen molar-refractivity contribution in [1.29, 1.82) is 5.26 Å². The first kappa shape index (κ1) is 18.3. The number of aliphatic hydroxyl groups excluding tert-OH is 1. The van der Waals surface area contributed by atoms with Crippen molar-refractivity contribution >= 4 is 11.8 Å². The molecule has 1 aliphatic heterocycles. The van der Waals surface area contributed by atoms with Gasteiger partial charge in [0.05, 0.1) is 11.6 Å². The molecule has 0 aliphatic carbocycles. The van der Waals surface area contributed by atoms with Gasteiger partial charge in [0.2, 0.25) is 0 Å². The summed E-state index contributed by atoms with van der Waals surface area (Å²) in [5.74, 6) is 1.06. The second-order valence-electron chi connectivity index (χ2n) is 6.19. The van der Waals surface area contributed by atoms with E-state index < -0.39 is 0 Å². The zero-order valence-corrected chi connectivity index (χ0v) is 14.7. The topological polar surface area (TPSA) is 59.3 Å². The van der Waals surface area contributed by atoms with E-state index in [4.69, 9.17) is 10.4 Å². The van der Waals surface area contributed by atoms with Crippen LogP contribution in [0.15, 0.2) is 24.3 Å². The molecule has 1 aliphatic rings. The summed E-state index contributed by atoms with van der Waals surface area (Å²) in [7, 11) is 0. The fourth-order valence-electron chi connectivity index (χ4n) is 3.11. The van der Waals surface area contributed by atoms with Crippen molar-refractivity contribution in [3.8, 4) is 6.07 Å². The maximum Gasteiger partial charge on any atom is 0.0991 e. The Balaban J connectivity index is 1.75. The molecule has 0 bridgehead atoms. The van der Waals surface area contributed by atoms with Crippen LogP contribution in [-0.4, -0.2) is 53.8 Å². The molecule has 1 unspecified atom stereocenters. The molecule has 1 atom stereocenters. The standard InChI is InChI=1S/C18H27N3OS/c1-23-14-18(8-11-22)20-17-6-9-21(10-7-17)13-16-4-2-15(12-19)3-5-16/h2-5,17-18,20,22H,6-11,13-14H2,1H3. The number of piperidine rings is 1. The maximum absolute atomic E-state index is 9.16. The number of nitriles is 1. The van der Waals surface area contributed by atoms with Crippen molar-refractivity contribution in [3.05, 3.63) is 35.4 Å². The van der Waals surface area contributed by atoms with E-state index in [1.54, 1.807) is 0 Å². The number of nitrogens with one attached hydrogen (secondary N) is 1. The number of hydrogen-bond acceptors (Lipinski definition) is 5. The minimum Gasteiger partial charge on any atom is -0.396 e. The van der Waals surface area contributed by atoms with Crippen molar-refractivity contribution in [2.45, 2.75) is 37.9 Å². The number of thioether (sulfide) groups is 1. The second-order valence-corrected chi connectivity index (χ2v) is 7.10. The van der Waals surface area contributed by atoms with Crippen LogP contribution in [0.3, 0.4) is 0 Å². The summed E-state index contributed by atoms with van der Waals surface area (Å²) in [6.07, 6.45) is 5.28. The molecule has 1 aromatic rings. The number of benzene rings is 1. The molecule has 23 heavy (non-hydrogen) atoms. The van der Waals surface area contributed by atoms with Gasteiger partial charge >= 0.3 is 0 Å². The third-order valence-corrected chi connectivity index (χ3v) is 5.13. The number of rotatable bonds is 8. The summed E-state index contributed by atoms with van der Waals surface area (Å²) in [4.78, 5) is 2.48. The van der Waals surface area contributed by atoms with E-state index >= 15 is 0 Å². The molecule has 1 heterocycles. The molecule has 0 amide bonds. The average Bonchev–Trinajstić information content (AvgIpc) is 2.58. The Morgan fingerprint density at radius 1 is 1.35 bits per heavy atom. The van der Waals surface area contributed by atoms with Crippen LogP contribution in [0.5, 0.6) is 0 Å². The normalized spacial score (nSPS) is 17.8.